The van der Waals surface area contributed by atoms with E-state index in [9.17, 15) is 9.59 Å². The number of para-hydroxylation sites is 2. The summed E-state index contributed by atoms with van der Waals surface area (Å²) in [5.74, 6) is 1.11. The lowest BCUT2D eigenvalue weighted by molar-refractivity contribution is -0.142. The van der Waals surface area contributed by atoms with Crippen LogP contribution in [0.1, 0.15) is 12.5 Å². The largest absolute Gasteiger partial charge is 0.497 e. The molecule has 0 radical (unpaired) electrons. The highest BCUT2D eigenvalue weighted by atomic mass is 16.5. The molecule has 1 atom stereocenters. The number of nitrogens with one attached hydrogen (secondary N) is 1. The molecule has 0 aliphatic heterocycles. The van der Waals surface area contributed by atoms with E-state index < -0.39 is 6.04 Å². The first-order valence-corrected chi connectivity index (χ1v) is 8.90. The lowest BCUT2D eigenvalue weighted by atomic mass is 10.1. The van der Waals surface area contributed by atoms with Crippen LogP contribution < -0.4 is 19.5 Å². The Labute approximate surface area is 165 Å². The van der Waals surface area contributed by atoms with Gasteiger partial charge in [0.05, 0.1) is 14.2 Å². The van der Waals surface area contributed by atoms with Crippen molar-refractivity contribution in [3.8, 4) is 17.2 Å². The summed E-state index contributed by atoms with van der Waals surface area (Å²) in [4.78, 5) is 26.5. The second-order valence-corrected chi connectivity index (χ2v) is 6.10. The molecule has 0 heterocycles. The maximum absolute atomic E-state index is 12.9. The first-order valence-electron chi connectivity index (χ1n) is 8.90. The molecule has 0 spiro atoms. The van der Waals surface area contributed by atoms with Crippen LogP contribution in [0.2, 0.25) is 0 Å². The van der Waals surface area contributed by atoms with Gasteiger partial charge in [-0.2, -0.15) is 0 Å². The second-order valence-electron chi connectivity index (χ2n) is 6.10. The minimum atomic E-state index is -0.662. The molecule has 2 aromatic carbocycles. The highest BCUT2D eigenvalue weighted by Gasteiger charge is 2.26. The molecule has 0 aromatic heterocycles. The number of likely N-dealkylation sites (N-methyl/N-ethyl adjacent to an activating group) is 1. The number of benzene rings is 2. The summed E-state index contributed by atoms with van der Waals surface area (Å²) in [5.41, 5.74) is 0.848. The molecular weight excluding hydrogens is 360 g/mol. The quantitative estimate of drug-likeness (QED) is 0.715. The number of nitrogens with zero attached hydrogens (tertiary/aromatic N) is 1. The van der Waals surface area contributed by atoms with Gasteiger partial charge in [-0.25, -0.2) is 0 Å². The molecule has 2 rings (SSSR count). The molecule has 7 nitrogen and oxygen atoms in total. The molecule has 0 aliphatic rings. The Hall–Kier alpha value is -3.22. The Bertz CT molecular complexity index is 809. The van der Waals surface area contributed by atoms with Gasteiger partial charge in [-0.3, -0.25) is 9.59 Å². The molecule has 0 saturated heterocycles. The van der Waals surface area contributed by atoms with Crippen LogP contribution in [0.4, 0.5) is 0 Å². The third-order valence-corrected chi connectivity index (χ3v) is 4.32. The van der Waals surface area contributed by atoms with Crippen molar-refractivity contribution in [2.45, 2.75) is 19.5 Å². The summed E-state index contributed by atoms with van der Waals surface area (Å²) in [6.45, 7) is 1.71. The van der Waals surface area contributed by atoms with E-state index in [0.29, 0.717) is 17.2 Å². The Morgan fingerprint density at radius 2 is 1.75 bits per heavy atom. The smallest absolute Gasteiger partial charge is 0.261 e. The Balaban J connectivity index is 2.17. The zero-order valence-corrected chi connectivity index (χ0v) is 16.6. The van der Waals surface area contributed by atoms with Crippen molar-refractivity contribution < 1.29 is 23.8 Å². The molecule has 28 heavy (non-hydrogen) atoms. The highest BCUT2D eigenvalue weighted by Crippen LogP contribution is 2.26. The number of ether oxygens (including phenoxy) is 3. The SMILES string of the molecule is CNC(=O)[C@@H](C)N(Cc1cccc(OC)c1)C(=O)COc1ccccc1OC. The van der Waals surface area contributed by atoms with Gasteiger partial charge in [-0.1, -0.05) is 24.3 Å². The standard InChI is InChI=1S/C21H26N2O5/c1-15(21(25)22-2)23(13-16-8-7-9-17(12-16)26-3)20(24)14-28-19-11-6-5-10-18(19)27-4/h5-12,15H,13-14H2,1-4H3,(H,22,25)/t15-/m1/s1. The molecule has 0 unspecified atom stereocenters. The van der Waals surface area contributed by atoms with Crippen LogP contribution in [-0.4, -0.2) is 50.6 Å². The zero-order valence-electron chi connectivity index (χ0n) is 16.6. The number of carbonyl (C=O) groups is 2. The van der Waals surface area contributed by atoms with Crippen molar-refractivity contribution in [3.63, 3.8) is 0 Å². The molecule has 150 valence electrons. The van der Waals surface area contributed by atoms with Crippen LogP contribution in [0.3, 0.4) is 0 Å². The molecular formula is C21H26N2O5. The minimum absolute atomic E-state index is 0.217. The normalized spacial score (nSPS) is 11.3. The number of amides is 2. The summed E-state index contributed by atoms with van der Waals surface area (Å²) in [6.07, 6.45) is 0. The van der Waals surface area contributed by atoms with Gasteiger partial charge in [-0.05, 0) is 36.8 Å². The Kier molecular flexibility index (Phi) is 7.68. The van der Waals surface area contributed by atoms with Gasteiger partial charge in [0.1, 0.15) is 11.8 Å². The first-order chi connectivity index (χ1) is 13.5. The van der Waals surface area contributed by atoms with Crippen molar-refractivity contribution in [3.05, 3.63) is 54.1 Å². The van der Waals surface area contributed by atoms with Crippen LogP contribution in [-0.2, 0) is 16.1 Å². The number of hydrogen-bond acceptors (Lipinski definition) is 5. The van der Waals surface area contributed by atoms with Gasteiger partial charge in [0.25, 0.3) is 5.91 Å². The average molecular weight is 386 g/mol. The van der Waals surface area contributed by atoms with Crippen molar-refractivity contribution >= 4 is 11.8 Å². The molecule has 0 saturated carbocycles. The number of hydrogen-bond donors (Lipinski definition) is 1. The average Bonchev–Trinajstić information content (AvgIpc) is 2.74. The maximum Gasteiger partial charge on any atom is 0.261 e. The Morgan fingerprint density at radius 1 is 1.04 bits per heavy atom. The molecule has 7 heteroatoms. The summed E-state index contributed by atoms with van der Waals surface area (Å²) in [7, 11) is 4.65. The molecule has 0 fully saturated rings. The molecule has 0 bridgehead atoms. The van der Waals surface area contributed by atoms with Gasteiger partial charge in [-0.15, -0.1) is 0 Å². The fourth-order valence-corrected chi connectivity index (χ4v) is 2.72. The van der Waals surface area contributed by atoms with E-state index in [1.165, 1.54) is 12.0 Å². The lowest BCUT2D eigenvalue weighted by Gasteiger charge is -2.28. The van der Waals surface area contributed by atoms with E-state index in [1.807, 2.05) is 30.3 Å². The molecule has 2 amide bonds. The molecule has 1 N–H and O–H groups in total. The third kappa shape index (κ3) is 5.39. The van der Waals surface area contributed by atoms with E-state index >= 15 is 0 Å². The minimum Gasteiger partial charge on any atom is -0.497 e. The predicted molar refractivity (Wildman–Crippen MR) is 106 cm³/mol. The molecule has 2 aromatic rings. The van der Waals surface area contributed by atoms with Crippen molar-refractivity contribution in [2.24, 2.45) is 0 Å². The van der Waals surface area contributed by atoms with Crippen LogP contribution >= 0.6 is 0 Å². The second kappa shape index (κ2) is 10.2. The van der Waals surface area contributed by atoms with E-state index in [2.05, 4.69) is 5.32 Å². The van der Waals surface area contributed by atoms with E-state index in [4.69, 9.17) is 14.2 Å². The topological polar surface area (TPSA) is 77.1 Å². The number of carbonyl (C=O) groups excluding carboxylic acids is 2. The van der Waals surface area contributed by atoms with Crippen molar-refractivity contribution in [2.75, 3.05) is 27.9 Å². The van der Waals surface area contributed by atoms with Crippen LogP contribution in [0.5, 0.6) is 17.2 Å². The summed E-state index contributed by atoms with van der Waals surface area (Å²) >= 11 is 0. The van der Waals surface area contributed by atoms with Crippen LogP contribution in [0, 0.1) is 0 Å². The Morgan fingerprint density at radius 3 is 2.39 bits per heavy atom. The third-order valence-electron chi connectivity index (χ3n) is 4.32. The van der Waals surface area contributed by atoms with Gasteiger partial charge in [0.15, 0.2) is 18.1 Å². The summed E-state index contributed by atoms with van der Waals surface area (Å²) < 4.78 is 16.1. The van der Waals surface area contributed by atoms with Crippen LogP contribution in [0.25, 0.3) is 0 Å². The number of methoxy groups -OCH3 is 2. The molecule has 0 aliphatic carbocycles. The van der Waals surface area contributed by atoms with Crippen molar-refractivity contribution in [1.82, 2.24) is 10.2 Å². The highest BCUT2D eigenvalue weighted by molar-refractivity contribution is 5.87. The van der Waals surface area contributed by atoms with Gasteiger partial charge >= 0.3 is 0 Å². The lowest BCUT2D eigenvalue weighted by Crippen LogP contribution is -2.48. The summed E-state index contributed by atoms with van der Waals surface area (Å²) in [5, 5.41) is 2.58. The fourth-order valence-electron chi connectivity index (χ4n) is 2.72. The van der Waals surface area contributed by atoms with Gasteiger partial charge in [0, 0.05) is 13.6 Å². The van der Waals surface area contributed by atoms with Crippen molar-refractivity contribution in [1.29, 1.82) is 0 Å². The predicted octanol–water partition coefficient (Wildman–Crippen LogP) is 2.25. The zero-order chi connectivity index (χ0) is 20.5. The number of rotatable bonds is 9. The van der Waals surface area contributed by atoms with Crippen LogP contribution in [0.15, 0.2) is 48.5 Å². The maximum atomic E-state index is 12.9. The van der Waals surface area contributed by atoms with Gasteiger partial charge in [0.2, 0.25) is 5.91 Å². The van der Waals surface area contributed by atoms with Gasteiger partial charge < -0.3 is 24.4 Å². The fraction of sp³-hybridized carbons (Fsp3) is 0.333. The monoisotopic (exact) mass is 386 g/mol. The van der Waals surface area contributed by atoms with E-state index in [0.717, 1.165) is 5.56 Å². The summed E-state index contributed by atoms with van der Waals surface area (Å²) in [6, 6.07) is 13.8. The van der Waals surface area contributed by atoms with E-state index in [-0.39, 0.29) is 25.0 Å². The first kappa shape index (κ1) is 21.1. The van der Waals surface area contributed by atoms with E-state index in [1.54, 1.807) is 39.3 Å².